The molecule has 0 spiro atoms. The van der Waals surface area contributed by atoms with Crippen molar-refractivity contribution in [2.45, 2.75) is 23.8 Å². The molecule has 100 valence electrons. The van der Waals surface area contributed by atoms with Crippen LogP contribution in [0.1, 0.15) is 23.2 Å². The Bertz CT molecular complexity index is 420. The quantitative estimate of drug-likeness (QED) is 0.758. The van der Waals surface area contributed by atoms with Crippen LogP contribution in [-0.4, -0.2) is 19.4 Å². The lowest BCUT2D eigenvalue weighted by atomic mass is 10.1. The van der Waals surface area contributed by atoms with E-state index in [0.717, 1.165) is 6.42 Å². The van der Waals surface area contributed by atoms with E-state index in [1.807, 2.05) is 0 Å². The number of alkyl halides is 4. The molecule has 1 aromatic carbocycles. The maximum Gasteiger partial charge on any atom is 0.390 e. The highest BCUT2D eigenvalue weighted by Crippen LogP contribution is 2.39. The van der Waals surface area contributed by atoms with Crippen LogP contribution in [0.25, 0.3) is 0 Å². The number of ether oxygens (including phenoxy) is 2. The Kier molecular flexibility index (Phi) is 4.04. The van der Waals surface area contributed by atoms with E-state index in [-0.39, 0.29) is 0 Å². The van der Waals surface area contributed by atoms with Crippen LogP contribution in [0, 0.1) is 0 Å². The van der Waals surface area contributed by atoms with E-state index in [0.29, 0.717) is 30.3 Å². The van der Waals surface area contributed by atoms with Crippen molar-refractivity contribution in [2.24, 2.45) is 0 Å². The summed E-state index contributed by atoms with van der Waals surface area (Å²) in [5.74, 6) is 1.10. The molecule has 18 heavy (non-hydrogen) atoms. The Balaban J connectivity index is 2.17. The Labute approximate surface area is 111 Å². The predicted molar refractivity (Wildman–Crippen MR) is 64.4 cm³/mol. The van der Waals surface area contributed by atoms with Gasteiger partial charge in [0.2, 0.25) is 0 Å². The zero-order valence-corrected chi connectivity index (χ0v) is 11.1. The average Bonchev–Trinajstić information content (AvgIpc) is 2.50. The first-order valence-electron chi connectivity index (χ1n) is 5.56. The third-order valence-electron chi connectivity index (χ3n) is 2.54. The highest BCUT2D eigenvalue weighted by molar-refractivity contribution is 9.09. The second-order valence-electron chi connectivity index (χ2n) is 4.04. The third-order valence-corrected chi connectivity index (χ3v) is 3.40. The number of benzene rings is 1. The van der Waals surface area contributed by atoms with Crippen molar-refractivity contribution < 1.29 is 22.6 Å². The largest absolute Gasteiger partial charge is 0.490 e. The van der Waals surface area contributed by atoms with Crippen molar-refractivity contribution in [1.29, 1.82) is 0 Å². The van der Waals surface area contributed by atoms with Crippen LogP contribution < -0.4 is 9.47 Å². The van der Waals surface area contributed by atoms with E-state index in [2.05, 4.69) is 15.9 Å². The fraction of sp³-hybridized carbons (Fsp3) is 0.500. The lowest BCUT2D eigenvalue weighted by Crippen LogP contribution is -2.10. The smallest absolute Gasteiger partial charge is 0.390 e. The Morgan fingerprint density at radius 3 is 2.50 bits per heavy atom. The van der Waals surface area contributed by atoms with Crippen LogP contribution in [0.3, 0.4) is 0 Å². The van der Waals surface area contributed by atoms with Crippen molar-refractivity contribution in [1.82, 2.24) is 0 Å². The highest BCUT2D eigenvalue weighted by Gasteiger charge is 2.31. The van der Waals surface area contributed by atoms with E-state index in [4.69, 9.17) is 9.47 Å². The summed E-state index contributed by atoms with van der Waals surface area (Å²) >= 11 is 3.05. The minimum Gasteiger partial charge on any atom is -0.490 e. The molecule has 1 aromatic rings. The van der Waals surface area contributed by atoms with E-state index < -0.39 is 17.4 Å². The van der Waals surface area contributed by atoms with Gasteiger partial charge in [0.15, 0.2) is 11.5 Å². The van der Waals surface area contributed by atoms with Crippen LogP contribution in [-0.2, 0) is 0 Å². The SMILES string of the molecule is FC(F)(F)CC(Br)c1ccc2c(c1)OCCCO2. The number of hydrogen-bond donors (Lipinski definition) is 0. The molecular formula is C12H12BrF3O2. The first-order chi connectivity index (χ1) is 8.46. The molecule has 0 amide bonds. The molecule has 1 aliphatic heterocycles. The summed E-state index contributed by atoms with van der Waals surface area (Å²) in [7, 11) is 0. The molecule has 1 heterocycles. The minimum atomic E-state index is -4.20. The van der Waals surface area contributed by atoms with Crippen molar-refractivity contribution >= 4 is 15.9 Å². The first-order valence-corrected chi connectivity index (χ1v) is 6.47. The molecule has 0 bridgehead atoms. The van der Waals surface area contributed by atoms with Crippen molar-refractivity contribution in [3.63, 3.8) is 0 Å². The summed E-state index contributed by atoms with van der Waals surface area (Å²) in [6.45, 7) is 1.08. The molecule has 0 aromatic heterocycles. The maximum atomic E-state index is 12.3. The predicted octanol–water partition coefficient (Wildman–Crippen LogP) is 4.24. The van der Waals surface area contributed by atoms with E-state index in [9.17, 15) is 13.2 Å². The van der Waals surface area contributed by atoms with Crippen LogP contribution in [0.5, 0.6) is 11.5 Å². The molecule has 0 N–H and O–H groups in total. The van der Waals surface area contributed by atoms with E-state index in [1.165, 1.54) is 0 Å². The number of halogens is 4. The van der Waals surface area contributed by atoms with Gasteiger partial charge in [0, 0.05) is 11.2 Å². The second kappa shape index (κ2) is 5.38. The highest BCUT2D eigenvalue weighted by atomic mass is 79.9. The summed E-state index contributed by atoms with van der Waals surface area (Å²) in [6, 6.07) is 4.88. The fourth-order valence-electron chi connectivity index (χ4n) is 1.70. The molecule has 6 heteroatoms. The summed E-state index contributed by atoms with van der Waals surface area (Å²) in [5, 5.41) is 0. The Morgan fingerprint density at radius 1 is 1.17 bits per heavy atom. The second-order valence-corrected chi connectivity index (χ2v) is 5.15. The van der Waals surface area contributed by atoms with E-state index in [1.54, 1.807) is 18.2 Å². The van der Waals surface area contributed by atoms with Gasteiger partial charge < -0.3 is 9.47 Å². The molecule has 0 fully saturated rings. The van der Waals surface area contributed by atoms with E-state index >= 15 is 0 Å². The van der Waals surface area contributed by atoms with Gasteiger partial charge in [-0.3, -0.25) is 0 Å². The first kappa shape index (κ1) is 13.5. The van der Waals surface area contributed by atoms with Gasteiger partial charge in [0.05, 0.1) is 19.6 Å². The maximum absolute atomic E-state index is 12.3. The summed E-state index contributed by atoms with van der Waals surface area (Å²) in [6.07, 6.45) is -4.34. The number of fused-ring (bicyclic) bond motifs is 1. The number of hydrogen-bond acceptors (Lipinski definition) is 2. The summed E-state index contributed by atoms with van der Waals surface area (Å²) in [4.78, 5) is -0.769. The molecule has 1 unspecified atom stereocenters. The molecule has 1 aliphatic rings. The zero-order valence-electron chi connectivity index (χ0n) is 9.47. The topological polar surface area (TPSA) is 18.5 Å². The Hall–Kier alpha value is -0.910. The standard InChI is InChI=1S/C12H12BrF3O2/c13-9(7-12(14,15)16)8-2-3-10-11(6-8)18-5-1-4-17-10/h2-3,6,9H,1,4-5,7H2. The normalized spacial score (nSPS) is 17.1. The average molecular weight is 325 g/mol. The third kappa shape index (κ3) is 3.54. The molecule has 2 nitrogen and oxygen atoms in total. The van der Waals surface area contributed by atoms with Crippen molar-refractivity contribution in [3.8, 4) is 11.5 Å². The number of rotatable bonds is 2. The Morgan fingerprint density at radius 2 is 1.83 bits per heavy atom. The summed E-state index contributed by atoms with van der Waals surface area (Å²) < 4.78 is 47.8. The van der Waals surface area contributed by atoms with Gasteiger partial charge in [0.1, 0.15) is 0 Å². The molecule has 0 saturated carbocycles. The van der Waals surface area contributed by atoms with Gasteiger partial charge in [-0.25, -0.2) is 0 Å². The molecule has 2 rings (SSSR count). The molecule has 1 atom stereocenters. The van der Waals surface area contributed by atoms with Gasteiger partial charge in [-0.05, 0) is 17.7 Å². The van der Waals surface area contributed by atoms with Crippen LogP contribution in [0.4, 0.5) is 13.2 Å². The lowest BCUT2D eigenvalue weighted by molar-refractivity contribution is -0.134. The molecular weight excluding hydrogens is 313 g/mol. The van der Waals surface area contributed by atoms with Gasteiger partial charge in [-0.15, -0.1) is 0 Å². The molecule has 0 radical (unpaired) electrons. The van der Waals surface area contributed by atoms with Crippen LogP contribution >= 0.6 is 15.9 Å². The zero-order chi connectivity index (χ0) is 13.2. The van der Waals surface area contributed by atoms with Crippen LogP contribution in [0.15, 0.2) is 18.2 Å². The minimum absolute atomic E-state index is 0.511. The monoisotopic (exact) mass is 324 g/mol. The van der Waals surface area contributed by atoms with Gasteiger partial charge >= 0.3 is 6.18 Å². The molecule has 0 saturated heterocycles. The molecule has 0 aliphatic carbocycles. The lowest BCUT2D eigenvalue weighted by Gasteiger charge is -2.15. The van der Waals surface area contributed by atoms with Gasteiger partial charge in [-0.2, -0.15) is 13.2 Å². The van der Waals surface area contributed by atoms with Crippen LogP contribution in [0.2, 0.25) is 0 Å². The van der Waals surface area contributed by atoms with Crippen molar-refractivity contribution in [3.05, 3.63) is 23.8 Å². The summed E-state index contributed by atoms with van der Waals surface area (Å²) in [5.41, 5.74) is 0.538. The van der Waals surface area contributed by atoms with Crippen molar-refractivity contribution in [2.75, 3.05) is 13.2 Å². The van der Waals surface area contributed by atoms with Gasteiger partial charge in [0.25, 0.3) is 0 Å². The fourth-order valence-corrected chi connectivity index (χ4v) is 2.35. The van der Waals surface area contributed by atoms with Gasteiger partial charge in [-0.1, -0.05) is 22.0 Å².